The quantitative estimate of drug-likeness (QED) is 0.577. The number of benzene rings is 1. The Morgan fingerprint density at radius 2 is 1.90 bits per heavy atom. The lowest BCUT2D eigenvalue weighted by atomic mass is 9.86. The molecule has 2 unspecified atom stereocenters. The number of alkyl carbamates (subject to hydrolysis) is 1. The highest BCUT2D eigenvalue weighted by atomic mass is 16.6. The molecule has 29 heavy (non-hydrogen) atoms. The summed E-state index contributed by atoms with van der Waals surface area (Å²) in [7, 11) is 1.14. The van der Waals surface area contributed by atoms with Gasteiger partial charge < -0.3 is 29.5 Å². The molecule has 1 saturated heterocycles. The van der Waals surface area contributed by atoms with Crippen LogP contribution in [0.3, 0.4) is 0 Å². The van der Waals surface area contributed by atoms with Crippen molar-refractivity contribution in [3.05, 3.63) is 35.9 Å². The highest BCUT2D eigenvalue weighted by Crippen LogP contribution is 2.26. The number of ether oxygens (including phenoxy) is 3. The van der Waals surface area contributed by atoms with Crippen molar-refractivity contribution < 1.29 is 33.7 Å². The van der Waals surface area contributed by atoms with Gasteiger partial charge in [0.1, 0.15) is 12.2 Å². The number of nitrogens with one attached hydrogen (secondary N) is 1. The number of amides is 2. The van der Waals surface area contributed by atoms with E-state index in [0.717, 1.165) is 12.7 Å². The van der Waals surface area contributed by atoms with Crippen LogP contribution in [0.5, 0.6) is 0 Å². The fourth-order valence-corrected chi connectivity index (χ4v) is 2.93. The number of piperidine rings is 1. The van der Waals surface area contributed by atoms with Crippen LogP contribution >= 0.6 is 0 Å². The maximum absolute atomic E-state index is 12.4. The zero-order valence-corrected chi connectivity index (χ0v) is 17.1. The number of hydrogen-bond donors (Lipinski definition) is 2. The Bertz CT molecular complexity index is 732. The minimum Gasteiger partial charge on any atom is -0.467 e. The third kappa shape index (κ3) is 6.08. The van der Waals surface area contributed by atoms with Gasteiger partial charge in [0, 0.05) is 19.5 Å². The first-order chi connectivity index (χ1) is 13.5. The molecule has 2 amide bonds. The number of aliphatic hydroxyl groups is 1. The number of nitrogens with zero attached hydrogens (tertiary/aromatic N) is 1. The van der Waals surface area contributed by atoms with Gasteiger partial charge in [0.05, 0.1) is 13.2 Å². The molecule has 1 aromatic rings. The van der Waals surface area contributed by atoms with Gasteiger partial charge in [-0.3, -0.25) is 0 Å². The van der Waals surface area contributed by atoms with E-state index in [-0.39, 0.29) is 26.1 Å². The second-order valence-electron chi connectivity index (χ2n) is 7.85. The van der Waals surface area contributed by atoms with Gasteiger partial charge >= 0.3 is 18.2 Å². The van der Waals surface area contributed by atoms with Crippen LogP contribution in [0.2, 0.25) is 0 Å². The van der Waals surface area contributed by atoms with Gasteiger partial charge in [-0.25, -0.2) is 14.4 Å². The van der Waals surface area contributed by atoms with E-state index in [4.69, 9.17) is 14.2 Å². The van der Waals surface area contributed by atoms with Crippen LogP contribution in [0.25, 0.3) is 0 Å². The predicted molar refractivity (Wildman–Crippen MR) is 103 cm³/mol. The molecule has 2 atom stereocenters. The Balaban J connectivity index is 2.07. The van der Waals surface area contributed by atoms with E-state index in [0.29, 0.717) is 0 Å². The molecular formula is C20H28N2O7. The molecule has 0 radical (unpaired) electrons. The first kappa shape index (κ1) is 22.5. The fourth-order valence-electron chi connectivity index (χ4n) is 2.93. The Morgan fingerprint density at radius 1 is 1.24 bits per heavy atom. The van der Waals surface area contributed by atoms with E-state index < -0.39 is 35.4 Å². The lowest BCUT2D eigenvalue weighted by Crippen LogP contribution is -2.66. The summed E-state index contributed by atoms with van der Waals surface area (Å²) in [6.45, 7) is 5.15. The number of methoxy groups -OCH3 is 1. The van der Waals surface area contributed by atoms with Crippen LogP contribution in [-0.4, -0.2) is 65.6 Å². The second-order valence-corrected chi connectivity index (χ2v) is 7.85. The smallest absolute Gasteiger partial charge is 0.410 e. The summed E-state index contributed by atoms with van der Waals surface area (Å²) in [6.07, 6.45) is -1.55. The Labute approximate surface area is 169 Å². The van der Waals surface area contributed by atoms with Crippen molar-refractivity contribution >= 4 is 18.2 Å². The van der Waals surface area contributed by atoms with Crippen LogP contribution in [0.15, 0.2) is 30.3 Å². The molecule has 0 bridgehead atoms. The van der Waals surface area contributed by atoms with Crippen LogP contribution in [0, 0.1) is 0 Å². The lowest BCUT2D eigenvalue weighted by Gasteiger charge is -2.42. The van der Waals surface area contributed by atoms with E-state index >= 15 is 0 Å². The average molecular weight is 408 g/mol. The summed E-state index contributed by atoms with van der Waals surface area (Å²) in [6, 6.07) is 7.93. The van der Waals surface area contributed by atoms with Crippen LogP contribution in [0.4, 0.5) is 9.59 Å². The minimum atomic E-state index is -1.99. The van der Waals surface area contributed by atoms with Crippen molar-refractivity contribution in [2.75, 3.05) is 20.2 Å². The van der Waals surface area contributed by atoms with Gasteiger partial charge in [-0.05, 0) is 26.3 Å². The SMILES string of the molecule is COC(=O)C1(O)CCN(C(=O)OC(C)(C)C)CC1NC(=O)OCc1ccccc1. The molecular weight excluding hydrogens is 380 g/mol. The van der Waals surface area contributed by atoms with E-state index in [2.05, 4.69) is 5.32 Å². The molecule has 1 aromatic carbocycles. The fraction of sp³-hybridized carbons (Fsp3) is 0.550. The van der Waals surface area contributed by atoms with E-state index in [1.54, 1.807) is 32.9 Å². The van der Waals surface area contributed by atoms with E-state index in [9.17, 15) is 19.5 Å². The summed E-state index contributed by atoms with van der Waals surface area (Å²) in [5, 5.41) is 13.3. The molecule has 160 valence electrons. The van der Waals surface area contributed by atoms with Crippen molar-refractivity contribution in [3.8, 4) is 0 Å². The molecule has 1 aliphatic rings. The van der Waals surface area contributed by atoms with Crippen molar-refractivity contribution in [1.82, 2.24) is 10.2 Å². The topological polar surface area (TPSA) is 114 Å². The normalized spacial score (nSPS) is 21.8. The Kier molecular flexibility index (Phi) is 7.07. The van der Waals surface area contributed by atoms with Crippen molar-refractivity contribution in [2.45, 2.75) is 51.0 Å². The Hall–Kier alpha value is -2.81. The summed E-state index contributed by atoms with van der Waals surface area (Å²) in [5.74, 6) is -0.894. The number of hydrogen-bond acceptors (Lipinski definition) is 7. The number of esters is 1. The van der Waals surface area contributed by atoms with Gasteiger partial charge in [0.25, 0.3) is 0 Å². The zero-order chi connectivity index (χ0) is 21.7. The summed E-state index contributed by atoms with van der Waals surface area (Å²) < 4.78 is 15.2. The molecule has 9 nitrogen and oxygen atoms in total. The van der Waals surface area contributed by atoms with Crippen molar-refractivity contribution in [1.29, 1.82) is 0 Å². The van der Waals surface area contributed by atoms with Crippen molar-refractivity contribution in [2.24, 2.45) is 0 Å². The molecule has 1 aliphatic heterocycles. The molecule has 2 rings (SSSR count). The molecule has 9 heteroatoms. The maximum atomic E-state index is 12.4. The molecule has 0 spiro atoms. The van der Waals surface area contributed by atoms with Gasteiger partial charge in [-0.1, -0.05) is 30.3 Å². The molecule has 0 saturated carbocycles. The number of likely N-dealkylation sites (tertiary alicyclic amines) is 1. The zero-order valence-electron chi connectivity index (χ0n) is 17.1. The number of carbonyl (C=O) groups is 3. The van der Waals surface area contributed by atoms with Gasteiger partial charge in [0.15, 0.2) is 5.60 Å². The van der Waals surface area contributed by atoms with E-state index in [1.807, 2.05) is 18.2 Å². The minimum absolute atomic E-state index is 0.0197. The largest absolute Gasteiger partial charge is 0.467 e. The predicted octanol–water partition coefficient (Wildman–Crippen LogP) is 1.83. The van der Waals surface area contributed by atoms with E-state index in [1.165, 1.54) is 4.90 Å². The first-order valence-electron chi connectivity index (χ1n) is 9.31. The molecule has 0 aromatic heterocycles. The van der Waals surface area contributed by atoms with Gasteiger partial charge in [0.2, 0.25) is 0 Å². The summed E-state index contributed by atoms with van der Waals surface area (Å²) >= 11 is 0. The lowest BCUT2D eigenvalue weighted by molar-refractivity contribution is -0.170. The Morgan fingerprint density at radius 3 is 2.48 bits per heavy atom. The number of rotatable bonds is 4. The second kappa shape index (κ2) is 9.13. The van der Waals surface area contributed by atoms with Crippen LogP contribution in [0.1, 0.15) is 32.8 Å². The maximum Gasteiger partial charge on any atom is 0.410 e. The third-order valence-corrected chi connectivity index (χ3v) is 4.44. The molecule has 1 heterocycles. The highest BCUT2D eigenvalue weighted by molar-refractivity contribution is 5.82. The number of carbonyl (C=O) groups excluding carboxylic acids is 3. The van der Waals surface area contributed by atoms with Crippen LogP contribution < -0.4 is 5.32 Å². The molecule has 2 N–H and O–H groups in total. The summed E-state index contributed by atoms with van der Waals surface area (Å²) in [5.41, 5.74) is -1.91. The van der Waals surface area contributed by atoms with Crippen LogP contribution in [-0.2, 0) is 25.6 Å². The monoisotopic (exact) mass is 408 g/mol. The summed E-state index contributed by atoms with van der Waals surface area (Å²) in [4.78, 5) is 38.1. The van der Waals surface area contributed by atoms with Gasteiger partial charge in [-0.2, -0.15) is 0 Å². The molecule has 1 fully saturated rings. The van der Waals surface area contributed by atoms with Gasteiger partial charge in [-0.15, -0.1) is 0 Å². The average Bonchev–Trinajstić information content (AvgIpc) is 2.66. The first-order valence-corrected chi connectivity index (χ1v) is 9.31. The third-order valence-electron chi connectivity index (χ3n) is 4.44. The standard InChI is InChI=1S/C20H28N2O7/c1-19(2,3)29-18(25)22-11-10-20(26,16(23)27-4)15(12-22)21-17(24)28-13-14-8-6-5-7-9-14/h5-9,15,26H,10-13H2,1-4H3,(H,21,24). The van der Waals surface area contributed by atoms with Crippen molar-refractivity contribution in [3.63, 3.8) is 0 Å². The molecule has 0 aliphatic carbocycles. The highest BCUT2D eigenvalue weighted by Gasteiger charge is 2.51.